The van der Waals surface area contributed by atoms with Crippen LogP contribution in [0.3, 0.4) is 0 Å². The molecule has 0 saturated carbocycles. The minimum absolute atomic E-state index is 0.103. The first-order chi connectivity index (χ1) is 11.2. The standard InChI is InChI=1S/C19H23ClN2S/c1-4-12-21-19-15-8-6-7-9-17(15)22(3)23(5-2)18-13-14(20)10-11-16(18)19/h5-11,13,19,21H,4,12H2,1-3H3. The molecule has 0 bridgehead atoms. The monoisotopic (exact) mass is 346 g/mol. The number of anilines is 1. The van der Waals surface area contributed by atoms with Gasteiger partial charge in [-0.05, 0) is 54.6 Å². The summed E-state index contributed by atoms with van der Waals surface area (Å²) in [5.74, 6) is 0. The summed E-state index contributed by atoms with van der Waals surface area (Å²) in [4.78, 5) is 1.31. The lowest BCUT2D eigenvalue weighted by Crippen LogP contribution is -2.23. The van der Waals surface area contributed by atoms with Gasteiger partial charge in [-0.2, -0.15) is 0 Å². The molecule has 0 radical (unpaired) electrons. The SMILES string of the molecule is C/C=S1/c2cc(Cl)ccc2C(NCCC)c2ccccc2N1C. The van der Waals surface area contributed by atoms with Crippen molar-refractivity contribution in [1.29, 1.82) is 0 Å². The summed E-state index contributed by atoms with van der Waals surface area (Å²) in [6.07, 6.45) is 1.11. The quantitative estimate of drug-likeness (QED) is 0.764. The lowest BCUT2D eigenvalue weighted by Gasteiger charge is -2.24. The predicted molar refractivity (Wildman–Crippen MR) is 104 cm³/mol. The van der Waals surface area contributed by atoms with E-state index >= 15 is 0 Å². The van der Waals surface area contributed by atoms with E-state index < -0.39 is 0 Å². The Morgan fingerprint density at radius 2 is 2.00 bits per heavy atom. The number of fused-ring (bicyclic) bond motifs is 2. The summed E-state index contributed by atoms with van der Waals surface area (Å²) in [5.41, 5.74) is 3.96. The van der Waals surface area contributed by atoms with Crippen LogP contribution in [-0.4, -0.2) is 19.0 Å². The third kappa shape index (κ3) is 3.06. The minimum Gasteiger partial charge on any atom is -0.321 e. The molecule has 3 rings (SSSR count). The van der Waals surface area contributed by atoms with Crippen LogP contribution in [0.25, 0.3) is 0 Å². The molecule has 1 aliphatic heterocycles. The fourth-order valence-electron chi connectivity index (χ4n) is 3.16. The Labute approximate surface area is 146 Å². The van der Waals surface area contributed by atoms with Crippen LogP contribution in [0.1, 0.15) is 37.4 Å². The Kier molecular flexibility index (Phi) is 5.10. The number of rotatable bonds is 3. The zero-order valence-corrected chi connectivity index (χ0v) is 15.4. The molecule has 1 heterocycles. The largest absolute Gasteiger partial charge is 0.321 e. The zero-order valence-electron chi connectivity index (χ0n) is 13.8. The Morgan fingerprint density at radius 3 is 2.74 bits per heavy atom. The third-order valence-corrected chi connectivity index (χ3v) is 6.49. The average Bonchev–Trinajstić information content (AvgIpc) is 2.66. The molecule has 4 heteroatoms. The lowest BCUT2D eigenvalue weighted by molar-refractivity contribution is 0.593. The van der Waals surface area contributed by atoms with Crippen molar-refractivity contribution in [2.45, 2.75) is 31.2 Å². The van der Waals surface area contributed by atoms with Gasteiger partial charge in [0.05, 0.1) is 11.7 Å². The zero-order chi connectivity index (χ0) is 16.4. The molecular formula is C19H23ClN2S. The van der Waals surface area contributed by atoms with Crippen molar-refractivity contribution in [2.75, 3.05) is 17.9 Å². The first-order valence-corrected chi connectivity index (χ1v) is 9.67. The second-order valence-corrected chi connectivity index (χ2v) is 8.20. The number of halogens is 1. The van der Waals surface area contributed by atoms with Gasteiger partial charge >= 0.3 is 0 Å². The maximum absolute atomic E-state index is 6.31. The van der Waals surface area contributed by atoms with Gasteiger partial charge in [-0.3, -0.25) is 0 Å². The van der Waals surface area contributed by atoms with E-state index in [1.807, 2.05) is 6.07 Å². The van der Waals surface area contributed by atoms with E-state index in [9.17, 15) is 0 Å². The number of para-hydroxylation sites is 1. The molecule has 0 aromatic heterocycles. The molecule has 122 valence electrons. The Morgan fingerprint density at radius 1 is 1.22 bits per heavy atom. The van der Waals surface area contributed by atoms with Gasteiger partial charge in [0, 0.05) is 17.0 Å². The predicted octanol–water partition coefficient (Wildman–Crippen LogP) is 5.24. The van der Waals surface area contributed by atoms with Crippen LogP contribution in [0.2, 0.25) is 5.02 Å². The van der Waals surface area contributed by atoms with Crippen molar-refractivity contribution in [3.05, 3.63) is 58.6 Å². The second-order valence-electron chi connectivity index (χ2n) is 5.68. The fraction of sp³-hybridized carbons (Fsp3) is 0.316. The highest BCUT2D eigenvalue weighted by Crippen LogP contribution is 2.46. The summed E-state index contributed by atoms with van der Waals surface area (Å²) in [6.45, 7) is 5.33. The van der Waals surface area contributed by atoms with Gasteiger partial charge in [0.1, 0.15) is 0 Å². The Bertz CT molecular complexity index is 742. The third-order valence-electron chi connectivity index (χ3n) is 4.22. The van der Waals surface area contributed by atoms with Gasteiger partial charge in [-0.25, -0.2) is 0 Å². The molecule has 0 amide bonds. The van der Waals surface area contributed by atoms with E-state index in [4.69, 9.17) is 11.6 Å². The van der Waals surface area contributed by atoms with Crippen LogP contribution in [0.5, 0.6) is 0 Å². The maximum atomic E-state index is 6.31. The van der Waals surface area contributed by atoms with Crippen molar-refractivity contribution in [3.8, 4) is 0 Å². The van der Waals surface area contributed by atoms with Crippen molar-refractivity contribution >= 4 is 33.3 Å². The molecule has 2 aromatic carbocycles. The highest BCUT2D eigenvalue weighted by Gasteiger charge is 2.27. The van der Waals surface area contributed by atoms with Crippen LogP contribution in [0.4, 0.5) is 5.69 Å². The summed E-state index contributed by atoms with van der Waals surface area (Å²) >= 11 is 6.31. The van der Waals surface area contributed by atoms with Crippen LogP contribution < -0.4 is 9.62 Å². The van der Waals surface area contributed by atoms with E-state index in [-0.39, 0.29) is 16.7 Å². The van der Waals surface area contributed by atoms with Crippen molar-refractivity contribution < 1.29 is 0 Å². The van der Waals surface area contributed by atoms with Gasteiger partial charge in [0.15, 0.2) is 0 Å². The van der Waals surface area contributed by atoms with Gasteiger partial charge in [-0.1, -0.05) is 53.5 Å². The highest BCUT2D eigenvalue weighted by atomic mass is 35.5. The van der Waals surface area contributed by atoms with Crippen LogP contribution in [0.15, 0.2) is 47.4 Å². The summed E-state index contributed by atoms with van der Waals surface area (Å²) in [6, 6.07) is 15.2. The van der Waals surface area contributed by atoms with Crippen LogP contribution >= 0.6 is 22.3 Å². The average molecular weight is 347 g/mol. The second kappa shape index (κ2) is 7.08. The topological polar surface area (TPSA) is 15.3 Å². The summed E-state index contributed by atoms with van der Waals surface area (Å²) in [5, 5.41) is 6.80. The van der Waals surface area contributed by atoms with Gasteiger partial charge < -0.3 is 9.62 Å². The van der Waals surface area contributed by atoms with Crippen molar-refractivity contribution in [2.24, 2.45) is 0 Å². The maximum Gasteiger partial charge on any atom is 0.0609 e. The number of hydrogen-bond donors (Lipinski definition) is 1. The number of benzene rings is 2. The molecule has 23 heavy (non-hydrogen) atoms. The molecule has 1 aliphatic rings. The van der Waals surface area contributed by atoms with E-state index in [1.54, 1.807) is 0 Å². The summed E-state index contributed by atoms with van der Waals surface area (Å²) < 4.78 is 2.37. The van der Waals surface area contributed by atoms with E-state index in [0.29, 0.717) is 0 Å². The molecule has 2 atom stereocenters. The molecule has 1 N–H and O–H groups in total. The summed E-state index contributed by atoms with van der Waals surface area (Å²) in [7, 11) is 2.07. The molecule has 2 aromatic rings. The number of nitrogens with zero attached hydrogens (tertiary/aromatic N) is 1. The highest BCUT2D eigenvalue weighted by molar-refractivity contribution is 8.16. The molecule has 0 saturated heterocycles. The van der Waals surface area contributed by atoms with E-state index in [0.717, 1.165) is 18.0 Å². The van der Waals surface area contributed by atoms with Gasteiger partial charge in [0.25, 0.3) is 0 Å². The molecule has 2 unspecified atom stereocenters. The lowest BCUT2D eigenvalue weighted by atomic mass is 9.97. The smallest absolute Gasteiger partial charge is 0.0609 e. The van der Waals surface area contributed by atoms with E-state index in [1.165, 1.54) is 21.7 Å². The normalized spacial score (nSPS) is 20.1. The first kappa shape index (κ1) is 16.6. The molecule has 0 aliphatic carbocycles. The molecular weight excluding hydrogens is 324 g/mol. The molecule has 0 fully saturated rings. The molecule has 2 nitrogen and oxygen atoms in total. The van der Waals surface area contributed by atoms with Crippen molar-refractivity contribution in [3.63, 3.8) is 0 Å². The number of hydrogen-bond acceptors (Lipinski definition) is 2. The fourth-order valence-corrected chi connectivity index (χ4v) is 5.32. The van der Waals surface area contributed by atoms with Crippen LogP contribution in [-0.2, 0) is 0 Å². The van der Waals surface area contributed by atoms with Crippen molar-refractivity contribution in [1.82, 2.24) is 5.32 Å². The Balaban J connectivity index is 2.27. The van der Waals surface area contributed by atoms with Gasteiger partial charge in [0.2, 0.25) is 0 Å². The minimum atomic E-state index is -0.103. The first-order valence-electron chi connectivity index (χ1n) is 8.05. The number of nitrogens with one attached hydrogen (secondary N) is 1. The van der Waals surface area contributed by atoms with Gasteiger partial charge in [-0.15, -0.1) is 0 Å². The Hall–Kier alpha value is -1.29. The molecule has 0 spiro atoms. The van der Waals surface area contributed by atoms with Crippen LogP contribution in [0, 0.1) is 0 Å². The van der Waals surface area contributed by atoms with E-state index in [2.05, 4.69) is 72.3 Å².